The van der Waals surface area contributed by atoms with E-state index in [-0.39, 0.29) is 18.6 Å². The molecule has 1 fully saturated rings. The molecule has 2 heterocycles. The number of carboxylic acid groups (broad SMARTS) is 1. The lowest BCUT2D eigenvalue weighted by molar-refractivity contribution is -0.145. The van der Waals surface area contributed by atoms with E-state index >= 15 is 0 Å². The summed E-state index contributed by atoms with van der Waals surface area (Å²) < 4.78 is 10.4. The lowest BCUT2D eigenvalue weighted by Crippen LogP contribution is -2.41. The smallest absolute Gasteiger partial charge is 0.329 e. The first-order valence-electron chi connectivity index (χ1n) is 6.24. The lowest BCUT2D eigenvalue weighted by atomic mass is 10.1. The van der Waals surface area contributed by atoms with Crippen molar-refractivity contribution in [2.45, 2.75) is 25.9 Å². The highest BCUT2D eigenvalue weighted by atomic mass is 16.5. The topological polar surface area (TPSA) is 80.0 Å². The largest absolute Gasteiger partial charge is 0.480 e. The zero-order valence-electron chi connectivity index (χ0n) is 10.8. The number of aliphatic carboxylic acids is 1. The Hall–Kier alpha value is -1.82. The van der Waals surface area contributed by atoms with E-state index in [4.69, 9.17) is 14.3 Å². The number of carbonyl (C=O) groups excluding carboxylic acids is 1. The highest BCUT2D eigenvalue weighted by Crippen LogP contribution is 2.18. The number of likely N-dealkylation sites (tertiary alicyclic amines) is 1. The fourth-order valence-corrected chi connectivity index (χ4v) is 2.19. The molecular weight excluding hydrogens is 250 g/mol. The van der Waals surface area contributed by atoms with Gasteiger partial charge in [-0.1, -0.05) is 0 Å². The molecule has 2 rings (SSSR count). The molecule has 0 aromatic carbocycles. The molecule has 0 unspecified atom stereocenters. The Balaban J connectivity index is 1.85. The molecule has 0 aliphatic carbocycles. The van der Waals surface area contributed by atoms with Crippen LogP contribution >= 0.6 is 0 Å². The fraction of sp³-hybridized carbons (Fsp3) is 0.538. The quantitative estimate of drug-likeness (QED) is 0.889. The lowest BCUT2D eigenvalue weighted by Gasteiger charge is -2.31. The van der Waals surface area contributed by atoms with Gasteiger partial charge in [0.25, 0.3) is 5.91 Å². The summed E-state index contributed by atoms with van der Waals surface area (Å²) in [5, 5.41) is 8.54. The Bertz CT molecular complexity index is 459. The van der Waals surface area contributed by atoms with Gasteiger partial charge in [-0.3, -0.25) is 4.79 Å². The molecule has 104 valence electrons. The van der Waals surface area contributed by atoms with E-state index < -0.39 is 5.97 Å². The molecule has 19 heavy (non-hydrogen) atoms. The SMILES string of the molecule is Cc1occc1C(=O)N1CCC(OCC(=O)O)CC1. The van der Waals surface area contributed by atoms with Crippen molar-refractivity contribution in [2.24, 2.45) is 0 Å². The Kier molecular flexibility index (Phi) is 4.21. The van der Waals surface area contributed by atoms with Gasteiger partial charge in [-0.25, -0.2) is 4.79 Å². The maximum absolute atomic E-state index is 12.2. The van der Waals surface area contributed by atoms with E-state index in [1.54, 1.807) is 17.9 Å². The Morgan fingerprint density at radius 2 is 2.16 bits per heavy atom. The van der Waals surface area contributed by atoms with Crippen molar-refractivity contribution in [2.75, 3.05) is 19.7 Å². The van der Waals surface area contributed by atoms with Crippen molar-refractivity contribution in [1.82, 2.24) is 4.90 Å². The maximum Gasteiger partial charge on any atom is 0.329 e. The zero-order valence-corrected chi connectivity index (χ0v) is 10.8. The van der Waals surface area contributed by atoms with E-state index in [2.05, 4.69) is 0 Å². The summed E-state index contributed by atoms with van der Waals surface area (Å²) in [4.78, 5) is 24.3. The van der Waals surface area contributed by atoms with Gasteiger partial charge in [0.1, 0.15) is 12.4 Å². The standard InChI is InChI=1S/C13H17NO5/c1-9-11(4-7-18-9)13(17)14-5-2-10(3-6-14)19-8-12(15)16/h4,7,10H,2-3,5-6,8H2,1H3,(H,15,16). The first-order chi connectivity index (χ1) is 9.08. The summed E-state index contributed by atoms with van der Waals surface area (Å²) in [6.45, 7) is 2.64. The Morgan fingerprint density at radius 1 is 1.47 bits per heavy atom. The number of rotatable bonds is 4. The molecule has 1 aliphatic rings. The molecule has 6 heteroatoms. The second-order valence-electron chi connectivity index (χ2n) is 4.59. The van der Waals surface area contributed by atoms with Crippen molar-refractivity contribution in [3.05, 3.63) is 23.7 Å². The average molecular weight is 267 g/mol. The number of amides is 1. The number of carbonyl (C=O) groups is 2. The van der Waals surface area contributed by atoms with Crippen LogP contribution in [0.3, 0.4) is 0 Å². The van der Waals surface area contributed by atoms with Gasteiger partial charge < -0.3 is 19.2 Å². The monoisotopic (exact) mass is 267 g/mol. The summed E-state index contributed by atoms with van der Waals surface area (Å²) in [6, 6.07) is 1.67. The number of nitrogens with zero attached hydrogens (tertiary/aromatic N) is 1. The first kappa shape index (κ1) is 13.6. The van der Waals surface area contributed by atoms with Crippen LogP contribution in [0, 0.1) is 6.92 Å². The van der Waals surface area contributed by atoms with Crippen LogP contribution in [0.2, 0.25) is 0 Å². The highest BCUT2D eigenvalue weighted by molar-refractivity contribution is 5.95. The van der Waals surface area contributed by atoms with Gasteiger partial charge in [0.05, 0.1) is 17.9 Å². The van der Waals surface area contributed by atoms with Gasteiger partial charge in [0, 0.05) is 13.1 Å². The van der Waals surface area contributed by atoms with Crippen LogP contribution in [-0.4, -0.2) is 47.7 Å². The van der Waals surface area contributed by atoms with Gasteiger partial charge in [0.2, 0.25) is 0 Å². The van der Waals surface area contributed by atoms with Gasteiger partial charge in [-0.05, 0) is 25.8 Å². The molecule has 1 N–H and O–H groups in total. The molecule has 0 radical (unpaired) electrons. The molecule has 0 bridgehead atoms. The third kappa shape index (κ3) is 3.35. The van der Waals surface area contributed by atoms with Crippen LogP contribution in [0.25, 0.3) is 0 Å². The molecule has 1 amide bonds. The van der Waals surface area contributed by atoms with Crippen LogP contribution in [0.5, 0.6) is 0 Å². The minimum absolute atomic E-state index is 0.0389. The molecule has 1 aromatic heterocycles. The van der Waals surface area contributed by atoms with Gasteiger partial charge in [-0.15, -0.1) is 0 Å². The van der Waals surface area contributed by atoms with Gasteiger partial charge >= 0.3 is 5.97 Å². The van der Waals surface area contributed by atoms with E-state index in [0.29, 0.717) is 37.3 Å². The van der Waals surface area contributed by atoms with Gasteiger partial charge in [-0.2, -0.15) is 0 Å². The summed E-state index contributed by atoms with van der Waals surface area (Å²) >= 11 is 0. The zero-order chi connectivity index (χ0) is 13.8. The number of aryl methyl sites for hydroxylation is 1. The number of hydrogen-bond acceptors (Lipinski definition) is 4. The normalized spacial score (nSPS) is 16.6. The molecule has 1 aromatic rings. The summed E-state index contributed by atoms with van der Waals surface area (Å²) in [5.41, 5.74) is 0.588. The molecule has 0 atom stereocenters. The average Bonchev–Trinajstić information content (AvgIpc) is 2.82. The summed E-state index contributed by atoms with van der Waals surface area (Å²) in [5.74, 6) is -0.385. The predicted molar refractivity (Wildman–Crippen MR) is 66.0 cm³/mol. The van der Waals surface area contributed by atoms with E-state index in [9.17, 15) is 9.59 Å². The van der Waals surface area contributed by atoms with Crippen molar-refractivity contribution >= 4 is 11.9 Å². The highest BCUT2D eigenvalue weighted by Gasteiger charge is 2.25. The second-order valence-corrected chi connectivity index (χ2v) is 4.59. The number of ether oxygens (including phenoxy) is 1. The summed E-state index contributed by atoms with van der Waals surface area (Å²) in [7, 11) is 0. The Morgan fingerprint density at radius 3 is 2.68 bits per heavy atom. The molecule has 1 aliphatic heterocycles. The van der Waals surface area contributed by atoms with Crippen molar-refractivity contribution < 1.29 is 23.8 Å². The van der Waals surface area contributed by atoms with E-state index in [1.165, 1.54) is 6.26 Å². The van der Waals surface area contributed by atoms with Crippen molar-refractivity contribution in [1.29, 1.82) is 0 Å². The fourth-order valence-electron chi connectivity index (χ4n) is 2.19. The maximum atomic E-state index is 12.2. The number of furan rings is 1. The molecule has 6 nitrogen and oxygen atoms in total. The molecule has 1 saturated heterocycles. The van der Waals surface area contributed by atoms with E-state index in [1.807, 2.05) is 0 Å². The molecule has 0 spiro atoms. The van der Waals surface area contributed by atoms with Crippen LogP contribution in [0.4, 0.5) is 0 Å². The van der Waals surface area contributed by atoms with Crippen molar-refractivity contribution in [3.8, 4) is 0 Å². The first-order valence-corrected chi connectivity index (χ1v) is 6.24. The van der Waals surface area contributed by atoms with E-state index in [0.717, 1.165) is 0 Å². The molecule has 0 saturated carbocycles. The number of hydrogen-bond donors (Lipinski definition) is 1. The predicted octanol–water partition coefficient (Wildman–Crippen LogP) is 1.29. The number of carboxylic acids is 1. The van der Waals surface area contributed by atoms with Crippen LogP contribution in [0.1, 0.15) is 29.0 Å². The van der Waals surface area contributed by atoms with Crippen molar-refractivity contribution in [3.63, 3.8) is 0 Å². The van der Waals surface area contributed by atoms with Crippen LogP contribution in [-0.2, 0) is 9.53 Å². The Labute approximate surface area is 110 Å². The van der Waals surface area contributed by atoms with Crippen LogP contribution in [0.15, 0.2) is 16.7 Å². The summed E-state index contributed by atoms with van der Waals surface area (Å²) in [6.07, 6.45) is 2.75. The van der Waals surface area contributed by atoms with Crippen LogP contribution < -0.4 is 0 Å². The number of piperidine rings is 1. The third-order valence-corrected chi connectivity index (χ3v) is 3.26. The molecular formula is C13H17NO5. The minimum Gasteiger partial charge on any atom is -0.480 e. The van der Waals surface area contributed by atoms with Gasteiger partial charge in [0.15, 0.2) is 0 Å². The third-order valence-electron chi connectivity index (χ3n) is 3.26. The minimum atomic E-state index is -0.965. The second kappa shape index (κ2) is 5.88.